The molecule has 0 aromatic heterocycles. The summed E-state index contributed by atoms with van der Waals surface area (Å²) >= 11 is 0. The fourth-order valence-corrected chi connectivity index (χ4v) is 2.10. The summed E-state index contributed by atoms with van der Waals surface area (Å²) in [7, 11) is 0. The Hall–Kier alpha value is -2.39. The van der Waals surface area contributed by atoms with Gasteiger partial charge in [0.2, 0.25) is 0 Å². The van der Waals surface area contributed by atoms with Crippen LogP contribution in [-0.4, -0.2) is 11.1 Å². The molecule has 1 aliphatic rings. The minimum atomic E-state index is -0.796. The molecule has 3 heteroatoms. The van der Waals surface area contributed by atoms with Gasteiger partial charge in [-0.25, -0.2) is 4.79 Å². The first-order valence-corrected chi connectivity index (χ1v) is 6.02. The molecule has 1 atom stereocenters. The van der Waals surface area contributed by atoms with Crippen molar-refractivity contribution in [3.63, 3.8) is 0 Å². The number of benzene rings is 2. The second-order valence-electron chi connectivity index (χ2n) is 4.32. The van der Waals surface area contributed by atoms with Gasteiger partial charge in [0.05, 0.1) is 5.56 Å². The van der Waals surface area contributed by atoms with E-state index in [1.807, 2.05) is 42.5 Å². The Morgan fingerprint density at radius 3 is 2.32 bits per heavy atom. The van der Waals surface area contributed by atoms with Crippen LogP contribution in [-0.2, 0) is 4.74 Å². The monoisotopic (exact) mass is 252 g/mol. The predicted molar refractivity (Wildman–Crippen MR) is 71.2 cm³/mol. The van der Waals surface area contributed by atoms with Crippen molar-refractivity contribution in [2.24, 2.45) is 0 Å². The average Bonchev–Trinajstić information content (AvgIpc) is 2.77. The Morgan fingerprint density at radius 1 is 0.947 bits per heavy atom. The highest BCUT2D eigenvalue weighted by molar-refractivity contribution is 6.02. The van der Waals surface area contributed by atoms with Gasteiger partial charge in [-0.15, -0.1) is 0 Å². The molecule has 0 fully saturated rings. The van der Waals surface area contributed by atoms with E-state index < -0.39 is 6.10 Å². The first-order chi connectivity index (χ1) is 9.25. The minimum Gasteiger partial charge on any atom is -0.422 e. The number of esters is 1. The van der Waals surface area contributed by atoms with E-state index in [0.29, 0.717) is 11.3 Å². The van der Waals surface area contributed by atoms with Gasteiger partial charge >= 0.3 is 5.97 Å². The molecule has 1 N–H and O–H groups in total. The van der Waals surface area contributed by atoms with Gasteiger partial charge in [-0.05, 0) is 17.7 Å². The molecule has 0 aliphatic carbocycles. The van der Waals surface area contributed by atoms with Crippen LogP contribution in [0.25, 0.3) is 5.76 Å². The van der Waals surface area contributed by atoms with Crippen LogP contribution in [0.2, 0.25) is 0 Å². The van der Waals surface area contributed by atoms with Crippen molar-refractivity contribution in [3.8, 4) is 0 Å². The molecule has 3 rings (SSSR count). The van der Waals surface area contributed by atoms with Crippen molar-refractivity contribution in [2.45, 2.75) is 6.10 Å². The van der Waals surface area contributed by atoms with Gasteiger partial charge in [-0.3, -0.25) is 0 Å². The predicted octanol–water partition coefficient (Wildman–Crippen LogP) is 2.93. The molecule has 0 saturated heterocycles. The largest absolute Gasteiger partial charge is 0.422 e. The SMILES string of the molecule is O=C1O/C(=C\C(O)c2ccccc2)c2ccccc21. The maximum Gasteiger partial charge on any atom is 0.344 e. The van der Waals surface area contributed by atoms with Gasteiger partial charge < -0.3 is 9.84 Å². The number of hydrogen-bond donors (Lipinski definition) is 1. The minimum absolute atomic E-state index is 0.373. The summed E-state index contributed by atoms with van der Waals surface area (Å²) in [5.41, 5.74) is 2.02. The fraction of sp³-hybridized carbons (Fsp3) is 0.0625. The Kier molecular flexibility index (Phi) is 2.89. The van der Waals surface area contributed by atoms with Gasteiger partial charge in [0.25, 0.3) is 0 Å². The number of aliphatic hydroxyl groups excluding tert-OH is 1. The summed E-state index contributed by atoms with van der Waals surface area (Å²) in [6, 6.07) is 16.4. The summed E-state index contributed by atoms with van der Waals surface area (Å²) in [4.78, 5) is 11.6. The van der Waals surface area contributed by atoms with Crippen molar-refractivity contribution in [3.05, 3.63) is 77.4 Å². The first-order valence-electron chi connectivity index (χ1n) is 6.02. The van der Waals surface area contributed by atoms with Crippen molar-refractivity contribution in [1.82, 2.24) is 0 Å². The molecular weight excluding hydrogens is 240 g/mol. The van der Waals surface area contributed by atoms with Crippen LogP contribution in [0.3, 0.4) is 0 Å². The lowest BCUT2D eigenvalue weighted by atomic mass is 10.0. The van der Waals surface area contributed by atoms with Crippen molar-refractivity contribution >= 4 is 11.7 Å². The molecule has 19 heavy (non-hydrogen) atoms. The summed E-state index contributed by atoms with van der Waals surface area (Å²) in [5, 5.41) is 10.1. The highest BCUT2D eigenvalue weighted by Gasteiger charge is 2.26. The van der Waals surface area contributed by atoms with Crippen LogP contribution >= 0.6 is 0 Å². The topological polar surface area (TPSA) is 46.5 Å². The van der Waals surface area contributed by atoms with E-state index in [0.717, 1.165) is 11.1 Å². The number of aliphatic hydroxyl groups is 1. The van der Waals surface area contributed by atoms with Crippen LogP contribution in [0.4, 0.5) is 0 Å². The molecule has 94 valence electrons. The lowest BCUT2D eigenvalue weighted by molar-refractivity contribution is 0.0713. The zero-order valence-corrected chi connectivity index (χ0v) is 10.1. The molecule has 3 nitrogen and oxygen atoms in total. The van der Waals surface area contributed by atoms with Crippen LogP contribution in [0.15, 0.2) is 60.7 Å². The molecule has 0 spiro atoms. The Morgan fingerprint density at radius 2 is 1.58 bits per heavy atom. The number of carbonyl (C=O) groups excluding carboxylic acids is 1. The average molecular weight is 252 g/mol. The summed E-state index contributed by atoms with van der Waals surface area (Å²) in [6.07, 6.45) is 0.758. The first kappa shape index (κ1) is 11.7. The molecule has 0 radical (unpaired) electrons. The molecule has 0 amide bonds. The smallest absolute Gasteiger partial charge is 0.344 e. The van der Waals surface area contributed by atoms with Crippen LogP contribution < -0.4 is 0 Å². The third-order valence-electron chi connectivity index (χ3n) is 3.07. The third-order valence-corrected chi connectivity index (χ3v) is 3.07. The molecule has 2 aromatic carbocycles. The molecule has 1 heterocycles. The van der Waals surface area contributed by atoms with Crippen LogP contribution in [0.5, 0.6) is 0 Å². The molecule has 1 unspecified atom stereocenters. The quantitative estimate of drug-likeness (QED) is 0.836. The normalized spacial score (nSPS) is 17.1. The lowest BCUT2D eigenvalue weighted by Crippen LogP contribution is -1.95. The van der Waals surface area contributed by atoms with Gasteiger partial charge in [0, 0.05) is 5.56 Å². The Bertz CT molecular complexity index is 644. The van der Waals surface area contributed by atoms with E-state index in [-0.39, 0.29) is 5.97 Å². The number of fused-ring (bicyclic) bond motifs is 1. The highest BCUT2D eigenvalue weighted by atomic mass is 16.5. The van der Waals surface area contributed by atoms with Crippen molar-refractivity contribution in [1.29, 1.82) is 0 Å². The van der Waals surface area contributed by atoms with E-state index in [1.54, 1.807) is 18.2 Å². The fourth-order valence-electron chi connectivity index (χ4n) is 2.10. The van der Waals surface area contributed by atoms with E-state index in [2.05, 4.69) is 0 Å². The van der Waals surface area contributed by atoms with Gasteiger partial charge in [-0.2, -0.15) is 0 Å². The number of rotatable bonds is 2. The maximum atomic E-state index is 11.6. The molecule has 0 saturated carbocycles. The molecule has 1 aliphatic heterocycles. The molecule has 2 aromatic rings. The second-order valence-corrected chi connectivity index (χ2v) is 4.32. The third kappa shape index (κ3) is 2.16. The number of ether oxygens (including phenoxy) is 1. The van der Waals surface area contributed by atoms with E-state index in [4.69, 9.17) is 4.74 Å². The standard InChI is InChI=1S/C16H12O3/c17-14(11-6-2-1-3-7-11)10-15-12-8-4-5-9-13(12)16(18)19-15/h1-10,14,17H/b15-10-. The van der Waals surface area contributed by atoms with Crippen LogP contribution in [0.1, 0.15) is 27.6 Å². The van der Waals surface area contributed by atoms with E-state index >= 15 is 0 Å². The molecule has 0 bridgehead atoms. The zero-order chi connectivity index (χ0) is 13.2. The zero-order valence-electron chi connectivity index (χ0n) is 10.1. The Labute approximate surface area is 110 Å². The number of hydrogen-bond acceptors (Lipinski definition) is 3. The highest BCUT2D eigenvalue weighted by Crippen LogP contribution is 2.31. The van der Waals surface area contributed by atoms with Gasteiger partial charge in [-0.1, -0.05) is 48.5 Å². The van der Waals surface area contributed by atoms with Gasteiger partial charge in [0.15, 0.2) is 0 Å². The number of carbonyl (C=O) groups is 1. The maximum absolute atomic E-state index is 11.6. The summed E-state index contributed by atoms with van der Waals surface area (Å²) < 4.78 is 5.19. The van der Waals surface area contributed by atoms with Gasteiger partial charge in [0.1, 0.15) is 11.9 Å². The summed E-state index contributed by atoms with van der Waals surface area (Å²) in [6.45, 7) is 0. The lowest BCUT2D eigenvalue weighted by Gasteiger charge is -2.07. The Balaban J connectivity index is 1.96. The van der Waals surface area contributed by atoms with E-state index in [9.17, 15) is 9.90 Å². The second kappa shape index (κ2) is 4.71. The van der Waals surface area contributed by atoms with Crippen molar-refractivity contribution < 1.29 is 14.6 Å². The van der Waals surface area contributed by atoms with E-state index in [1.165, 1.54) is 0 Å². The molecular formula is C16H12O3. The summed E-state index contributed by atoms with van der Waals surface area (Å²) in [5.74, 6) is 0.0408. The number of cyclic esters (lactones) is 1. The van der Waals surface area contributed by atoms with Crippen LogP contribution in [0, 0.1) is 0 Å². The van der Waals surface area contributed by atoms with Crippen molar-refractivity contribution in [2.75, 3.05) is 0 Å².